The van der Waals surface area contributed by atoms with Gasteiger partial charge < -0.3 is 14.4 Å². The fourth-order valence-electron chi connectivity index (χ4n) is 2.66. The summed E-state index contributed by atoms with van der Waals surface area (Å²) in [6.45, 7) is 0.385. The second-order valence-electron chi connectivity index (χ2n) is 5.49. The van der Waals surface area contributed by atoms with Gasteiger partial charge in [0.1, 0.15) is 5.75 Å². The zero-order chi connectivity index (χ0) is 17.5. The minimum absolute atomic E-state index is 0.0702. The standard InChI is InChI=1S/C16H14ClF3N2O2/c1-22-8-9(16(18,19)20)7-13(23)15(22)21-12-5-6-24-14-10(12)3-2-4-11(14)17/h2-4,7-8,12,23H,5-6H2,1H3/b21-15-. The Kier molecular flexibility index (Phi) is 4.21. The number of ether oxygens (including phenoxy) is 1. The molecule has 1 unspecified atom stereocenters. The maximum Gasteiger partial charge on any atom is 0.417 e. The molecule has 0 fully saturated rings. The Morgan fingerprint density at radius 1 is 1.38 bits per heavy atom. The van der Waals surface area contributed by atoms with Crippen molar-refractivity contribution in [2.24, 2.45) is 12.0 Å². The van der Waals surface area contributed by atoms with Gasteiger partial charge in [-0.2, -0.15) is 13.2 Å². The van der Waals surface area contributed by atoms with Crippen LogP contribution in [0.15, 0.2) is 35.5 Å². The minimum Gasteiger partial charge on any atom is -0.504 e. The van der Waals surface area contributed by atoms with E-state index in [2.05, 4.69) is 4.99 Å². The smallest absolute Gasteiger partial charge is 0.417 e. The van der Waals surface area contributed by atoms with E-state index in [0.717, 1.165) is 16.3 Å². The van der Waals surface area contributed by atoms with E-state index in [4.69, 9.17) is 16.3 Å². The number of nitrogens with zero attached hydrogens (tertiary/aromatic N) is 2. The number of alkyl halides is 3. The van der Waals surface area contributed by atoms with Crippen molar-refractivity contribution in [1.82, 2.24) is 4.57 Å². The van der Waals surface area contributed by atoms with Gasteiger partial charge in [-0.05, 0) is 12.1 Å². The largest absolute Gasteiger partial charge is 0.504 e. The molecule has 0 saturated heterocycles. The van der Waals surface area contributed by atoms with Crippen LogP contribution in [-0.4, -0.2) is 16.3 Å². The van der Waals surface area contributed by atoms with Crippen LogP contribution in [0.25, 0.3) is 0 Å². The van der Waals surface area contributed by atoms with Crippen molar-refractivity contribution in [3.8, 4) is 11.5 Å². The van der Waals surface area contributed by atoms with Crippen molar-refractivity contribution in [2.45, 2.75) is 18.6 Å². The normalized spacial score (nSPS) is 18.2. The van der Waals surface area contributed by atoms with E-state index in [1.807, 2.05) is 0 Å². The van der Waals surface area contributed by atoms with Gasteiger partial charge in [0.05, 0.1) is 23.2 Å². The van der Waals surface area contributed by atoms with Crippen LogP contribution in [0.5, 0.6) is 11.5 Å². The molecule has 3 rings (SSSR count). The molecular formula is C16H14ClF3N2O2. The summed E-state index contributed by atoms with van der Waals surface area (Å²) in [7, 11) is 1.41. The van der Waals surface area contributed by atoms with Gasteiger partial charge in [-0.1, -0.05) is 23.7 Å². The van der Waals surface area contributed by atoms with Gasteiger partial charge in [-0.15, -0.1) is 0 Å². The molecule has 1 atom stereocenters. The fraction of sp³-hybridized carbons (Fsp3) is 0.312. The fourth-order valence-corrected chi connectivity index (χ4v) is 2.90. The van der Waals surface area contributed by atoms with Crippen molar-refractivity contribution in [3.05, 3.63) is 52.1 Å². The maximum atomic E-state index is 12.8. The number of halogens is 4. The lowest BCUT2D eigenvalue weighted by Gasteiger charge is -2.24. The second-order valence-corrected chi connectivity index (χ2v) is 5.89. The third-order valence-electron chi connectivity index (χ3n) is 3.79. The number of hydrogen-bond acceptors (Lipinski definition) is 3. The van der Waals surface area contributed by atoms with Crippen LogP contribution < -0.4 is 10.2 Å². The van der Waals surface area contributed by atoms with Gasteiger partial charge in [0.25, 0.3) is 0 Å². The molecule has 0 amide bonds. The molecule has 1 aromatic heterocycles. The highest BCUT2D eigenvalue weighted by molar-refractivity contribution is 6.32. The summed E-state index contributed by atoms with van der Waals surface area (Å²) in [5.74, 6) is -0.00406. The molecule has 4 nitrogen and oxygen atoms in total. The lowest BCUT2D eigenvalue weighted by atomic mass is 10.0. The van der Waals surface area contributed by atoms with Crippen molar-refractivity contribution in [1.29, 1.82) is 0 Å². The number of aromatic nitrogens is 1. The summed E-state index contributed by atoms with van der Waals surface area (Å²) in [5.41, 5.74) is -0.120. The summed E-state index contributed by atoms with van der Waals surface area (Å²) in [6, 6.07) is 5.57. The summed E-state index contributed by atoms with van der Waals surface area (Å²) < 4.78 is 45.1. The highest BCUT2D eigenvalue weighted by atomic mass is 35.5. The molecule has 24 heavy (non-hydrogen) atoms. The molecule has 2 heterocycles. The molecule has 1 N–H and O–H groups in total. The topological polar surface area (TPSA) is 46.8 Å². The average molecular weight is 359 g/mol. The third kappa shape index (κ3) is 3.08. The Bertz CT molecular complexity index is 820. The summed E-state index contributed by atoms with van der Waals surface area (Å²) in [5, 5.41) is 10.4. The number of para-hydroxylation sites is 1. The number of aromatic hydroxyl groups is 1. The Hall–Kier alpha value is -2.15. The number of hydrogen-bond donors (Lipinski definition) is 1. The minimum atomic E-state index is -4.54. The Morgan fingerprint density at radius 2 is 2.12 bits per heavy atom. The quantitative estimate of drug-likeness (QED) is 0.842. The van der Waals surface area contributed by atoms with E-state index in [1.165, 1.54) is 7.05 Å². The lowest BCUT2D eigenvalue weighted by Crippen LogP contribution is -2.23. The zero-order valence-electron chi connectivity index (χ0n) is 12.6. The van der Waals surface area contributed by atoms with E-state index in [0.29, 0.717) is 29.9 Å². The van der Waals surface area contributed by atoms with Crippen LogP contribution >= 0.6 is 11.6 Å². The zero-order valence-corrected chi connectivity index (χ0v) is 13.4. The molecular weight excluding hydrogens is 345 g/mol. The maximum absolute atomic E-state index is 12.8. The molecule has 0 aliphatic carbocycles. The number of benzene rings is 1. The number of pyridine rings is 1. The van der Waals surface area contributed by atoms with Crippen LogP contribution in [0.3, 0.4) is 0 Å². The molecule has 0 radical (unpaired) electrons. The van der Waals surface area contributed by atoms with Crippen molar-refractivity contribution in [2.75, 3.05) is 6.61 Å². The molecule has 2 aromatic rings. The third-order valence-corrected chi connectivity index (χ3v) is 4.09. The Labute approximate surface area is 140 Å². The van der Waals surface area contributed by atoms with E-state index in [-0.39, 0.29) is 11.5 Å². The number of rotatable bonds is 1. The second kappa shape index (κ2) is 6.05. The van der Waals surface area contributed by atoms with Gasteiger partial charge >= 0.3 is 6.18 Å². The summed E-state index contributed by atoms with van der Waals surface area (Å²) >= 11 is 6.10. The molecule has 8 heteroatoms. The van der Waals surface area contributed by atoms with Crippen LogP contribution in [-0.2, 0) is 13.2 Å². The van der Waals surface area contributed by atoms with Crippen molar-refractivity contribution >= 4 is 11.6 Å². The average Bonchev–Trinajstić information content (AvgIpc) is 2.50. The molecule has 1 aromatic carbocycles. The van der Waals surface area contributed by atoms with Crippen LogP contribution in [0.2, 0.25) is 5.02 Å². The predicted molar refractivity (Wildman–Crippen MR) is 81.9 cm³/mol. The molecule has 128 valence electrons. The van der Waals surface area contributed by atoms with E-state index >= 15 is 0 Å². The summed E-state index contributed by atoms with van der Waals surface area (Å²) in [6.07, 6.45) is -3.10. The van der Waals surface area contributed by atoms with Gasteiger partial charge in [0.15, 0.2) is 11.2 Å². The monoisotopic (exact) mass is 358 g/mol. The molecule has 1 aliphatic heterocycles. The number of fused-ring (bicyclic) bond motifs is 1. The van der Waals surface area contributed by atoms with Crippen molar-refractivity contribution < 1.29 is 23.0 Å². The predicted octanol–water partition coefficient (Wildman–Crippen LogP) is 3.83. The van der Waals surface area contributed by atoms with Gasteiger partial charge in [-0.25, -0.2) is 0 Å². The van der Waals surface area contributed by atoms with Crippen molar-refractivity contribution in [3.63, 3.8) is 0 Å². The molecule has 1 aliphatic rings. The first kappa shape index (κ1) is 16.7. The van der Waals surface area contributed by atoms with Crippen LogP contribution in [0.1, 0.15) is 23.6 Å². The van der Waals surface area contributed by atoms with Gasteiger partial charge in [0, 0.05) is 25.2 Å². The van der Waals surface area contributed by atoms with Crippen LogP contribution in [0, 0.1) is 0 Å². The highest BCUT2D eigenvalue weighted by Crippen LogP contribution is 2.39. The SMILES string of the molecule is Cn1cc(C(F)(F)F)cc(O)/c1=N/C1CCOc2c(Cl)cccc21. The van der Waals surface area contributed by atoms with Gasteiger partial charge in [0.2, 0.25) is 0 Å². The molecule has 0 saturated carbocycles. The Balaban J connectivity index is 2.10. The van der Waals surface area contributed by atoms with E-state index in [1.54, 1.807) is 18.2 Å². The first-order valence-electron chi connectivity index (χ1n) is 7.19. The van der Waals surface area contributed by atoms with Gasteiger partial charge in [-0.3, -0.25) is 4.99 Å². The molecule has 0 spiro atoms. The van der Waals surface area contributed by atoms with E-state index in [9.17, 15) is 18.3 Å². The first-order chi connectivity index (χ1) is 11.3. The van der Waals surface area contributed by atoms with Crippen LogP contribution in [0.4, 0.5) is 13.2 Å². The lowest BCUT2D eigenvalue weighted by molar-refractivity contribution is -0.138. The van der Waals surface area contributed by atoms with E-state index < -0.39 is 17.5 Å². The first-order valence-corrected chi connectivity index (χ1v) is 7.57. The number of aryl methyl sites for hydroxylation is 1. The Morgan fingerprint density at radius 3 is 2.79 bits per heavy atom. The highest BCUT2D eigenvalue weighted by Gasteiger charge is 2.32. The summed E-state index contributed by atoms with van der Waals surface area (Å²) in [4.78, 5) is 4.43. The molecule has 0 bridgehead atoms.